The Balaban J connectivity index is 1.82. The summed E-state index contributed by atoms with van der Waals surface area (Å²) in [7, 11) is 0. The summed E-state index contributed by atoms with van der Waals surface area (Å²) in [6, 6.07) is 5.10. The van der Waals surface area contributed by atoms with Gasteiger partial charge in [-0.3, -0.25) is 19.5 Å². The van der Waals surface area contributed by atoms with Crippen molar-refractivity contribution in [3.8, 4) is 0 Å². The summed E-state index contributed by atoms with van der Waals surface area (Å²) in [4.78, 5) is 42.0. The number of thioether (sulfide) groups is 1. The van der Waals surface area contributed by atoms with Crippen LogP contribution in [0.4, 0.5) is 4.79 Å². The predicted octanol–water partition coefficient (Wildman–Crippen LogP) is 3.82. The number of rotatable bonds is 8. The molecular weight excluding hydrogens is 456 g/mol. The molecule has 0 radical (unpaired) electrons. The van der Waals surface area contributed by atoms with Crippen molar-refractivity contribution >= 4 is 50.5 Å². The Morgan fingerprint density at radius 1 is 1.34 bits per heavy atom. The number of nitrogens with one attached hydrogen (secondary N) is 2. The smallest absolute Gasteiger partial charge is 0.321 e. The van der Waals surface area contributed by atoms with Crippen molar-refractivity contribution in [2.75, 3.05) is 0 Å². The van der Waals surface area contributed by atoms with Gasteiger partial charge in [0.1, 0.15) is 0 Å². The van der Waals surface area contributed by atoms with Crippen molar-refractivity contribution in [3.05, 3.63) is 33.0 Å². The highest BCUT2D eigenvalue weighted by Crippen LogP contribution is 2.24. The lowest BCUT2D eigenvalue weighted by molar-refractivity contribution is -0.119. The van der Waals surface area contributed by atoms with E-state index in [1.54, 1.807) is 23.6 Å². The third-order valence-corrected chi connectivity index (χ3v) is 6.25. The zero-order chi connectivity index (χ0) is 21.0. The van der Waals surface area contributed by atoms with Crippen LogP contribution in [0.25, 0.3) is 10.9 Å². The van der Waals surface area contributed by atoms with E-state index in [0.29, 0.717) is 22.6 Å². The van der Waals surface area contributed by atoms with Gasteiger partial charge >= 0.3 is 6.03 Å². The van der Waals surface area contributed by atoms with Gasteiger partial charge in [0.15, 0.2) is 5.16 Å². The first kappa shape index (κ1) is 21.8. The van der Waals surface area contributed by atoms with Crippen molar-refractivity contribution < 1.29 is 9.59 Å². The van der Waals surface area contributed by atoms with Crippen LogP contribution >= 0.6 is 27.7 Å². The lowest BCUT2D eigenvalue weighted by Crippen LogP contribution is -2.43. The van der Waals surface area contributed by atoms with Crippen LogP contribution in [0, 0.1) is 0 Å². The second-order valence-electron chi connectivity index (χ2n) is 7.22. The summed E-state index contributed by atoms with van der Waals surface area (Å²) in [5, 5.41) is 5.57. The number of benzene rings is 1. The maximum atomic E-state index is 13.1. The van der Waals surface area contributed by atoms with Gasteiger partial charge in [0, 0.05) is 17.1 Å². The van der Waals surface area contributed by atoms with Crippen molar-refractivity contribution in [3.63, 3.8) is 0 Å². The van der Waals surface area contributed by atoms with E-state index in [2.05, 4.69) is 38.5 Å². The number of carbonyl (C=O) groups is 2. The molecular formula is C20H25BrN4O3S. The number of halogens is 1. The molecule has 0 bridgehead atoms. The van der Waals surface area contributed by atoms with Gasteiger partial charge in [0.2, 0.25) is 5.91 Å². The minimum atomic E-state index is -0.572. The maximum absolute atomic E-state index is 13.1. The summed E-state index contributed by atoms with van der Waals surface area (Å²) in [5.74, 6) is -0.404. The first-order chi connectivity index (χ1) is 13.9. The van der Waals surface area contributed by atoms with Crippen molar-refractivity contribution in [1.29, 1.82) is 0 Å². The molecule has 1 aliphatic carbocycles. The van der Waals surface area contributed by atoms with Crippen LogP contribution in [0.3, 0.4) is 0 Å². The summed E-state index contributed by atoms with van der Waals surface area (Å²) < 4.78 is 2.46. The Bertz CT molecular complexity index is 974. The Hall–Kier alpha value is -1.87. The van der Waals surface area contributed by atoms with E-state index in [1.165, 1.54) is 11.8 Å². The average molecular weight is 481 g/mol. The van der Waals surface area contributed by atoms with Gasteiger partial charge in [-0.2, -0.15) is 0 Å². The molecule has 3 amide bonds. The molecule has 1 unspecified atom stereocenters. The van der Waals surface area contributed by atoms with E-state index >= 15 is 0 Å². The molecule has 1 atom stereocenters. The molecule has 9 heteroatoms. The van der Waals surface area contributed by atoms with E-state index in [9.17, 15) is 14.4 Å². The van der Waals surface area contributed by atoms with Gasteiger partial charge in [0.05, 0.1) is 16.2 Å². The SMILES string of the molecule is CCCCCn1c(SC(C)C(=O)NC(=O)NC2CC2)nc2ccc(Br)cc2c1=O. The number of hydrogen-bond acceptors (Lipinski definition) is 5. The highest BCUT2D eigenvalue weighted by atomic mass is 79.9. The lowest BCUT2D eigenvalue weighted by atomic mass is 10.2. The lowest BCUT2D eigenvalue weighted by Gasteiger charge is -2.16. The molecule has 29 heavy (non-hydrogen) atoms. The standard InChI is InChI=1S/C20H25BrN4O3S/c1-3-4-5-10-25-18(27)15-11-13(21)6-9-16(15)23-20(25)29-12(2)17(26)24-19(28)22-14-7-8-14/h6,9,11-12,14H,3-5,7-8,10H2,1-2H3,(H2,22,24,26,28). The number of aromatic nitrogens is 2. The first-order valence-electron chi connectivity index (χ1n) is 9.87. The summed E-state index contributed by atoms with van der Waals surface area (Å²) in [6.07, 6.45) is 4.80. The second kappa shape index (κ2) is 9.75. The summed E-state index contributed by atoms with van der Waals surface area (Å²) in [5.41, 5.74) is 0.473. The quantitative estimate of drug-likeness (QED) is 0.340. The molecule has 2 N–H and O–H groups in total. The number of hydrogen-bond donors (Lipinski definition) is 2. The highest BCUT2D eigenvalue weighted by Gasteiger charge is 2.26. The predicted molar refractivity (Wildman–Crippen MR) is 118 cm³/mol. The maximum Gasteiger partial charge on any atom is 0.321 e. The van der Waals surface area contributed by atoms with Crippen LogP contribution in [0.15, 0.2) is 32.6 Å². The number of amides is 3. The van der Waals surface area contributed by atoms with E-state index < -0.39 is 17.2 Å². The number of fused-ring (bicyclic) bond motifs is 1. The molecule has 1 heterocycles. The summed E-state index contributed by atoms with van der Waals surface area (Å²) in [6.45, 7) is 4.35. The van der Waals surface area contributed by atoms with Crippen molar-refractivity contribution in [2.45, 2.75) is 68.9 Å². The number of urea groups is 1. The molecule has 0 aliphatic heterocycles. The van der Waals surface area contributed by atoms with Crippen molar-refractivity contribution in [1.82, 2.24) is 20.2 Å². The van der Waals surface area contributed by atoms with E-state index in [4.69, 9.17) is 0 Å². The fourth-order valence-electron chi connectivity index (χ4n) is 2.85. The molecule has 0 saturated heterocycles. The third-order valence-electron chi connectivity index (χ3n) is 4.67. The number of unbranched alkanes of at least 4 members (excludes halogenated alkanes) is 2. The van der Waals surface area contributed by atoms with Crippen molar-refractivity contribution in [2.24, 2.45) is 0 Å². The van der Waals surface area contributed by atoms with E-state index in [-0.39, 0.29) is 11.6 Å². The Morgan fingerprint density at radius 3 is 2.79 bits per heavy atom. The largest absolute Gasteiger partial charge is 0.335 e. The topological polar surface area (TPSA) is 93.1 Å². The third kappa shape index (κ3) is 5.82. The minimum Gasteiger partial charge on any atom is -0.335 e. The van der Waals surface area contributed by atoms with E-state index in [1.807, 2.05) is 6.07 Å². The molecule has 1 aliphatic rings. The van der Waals surface area contributed by atoms with Gasteiger partial charge in [-0.25, -0.2) is 9.78 Å². The molecule has 3 rings (SSSR count). The molecule has 2 aromatic rings. The highest BCUT2D eigenvalue weighted by molar-refractivity contribution is 9.10. The molecule has 0 spiro atoms. The van der Waals surface area contributed by atoms with Gasteiger partial charge < -0.3 is 5.32 Å². The van der Waals surface area contributed by atoms with Gasteiger partial charge in [-0.05, 0) is 44.4 Å². The van der Waals surface area contributed by atoms with Gasteiger partial charge in [-0.1, -0.05) is 47.5 Å². The second-order valence-corrected chi connectivity index (χ2v) is 9.44. The van der Waals surface area contributed by atoms with Crippen LogP contribution in [-0.4, -0.2) is 32.8 Å². The Labute approximate surface area is 182 Å². The monoisotopic (exact) mass is 480 g/mol. The minimum absolute atomic E-state index is 0.117. The fourth-order valence-corrected chi connectivity index (χ4v) is 4.15. The van der Waals surface area contributed by atoms with E-state index in [0.717, 1.165) is 36.6 Å². The molecule has 7 nitrogen and oxygen atoms in total. The van der Waals surface area contributed by atoms with Crippen LogP contribution in [0.1, 0.15) is 46.0 Å². The molecule has 1 fully saturated rings. The molecule has 1 saturated carbocycles. The Kier molecular flexibility index (Phi) is 7.34. The zero-order valence-electron chi connectivity index (χ0n) is 16.5. The van der Waals surface area contributed by atoms with Crippen LogP contribution < -0.4 is 16.2 Å². The zero-order valence-corrected chi connectivity index (χ0v) is 18.9. The first-order valence-corrected chi connectivity index (χ1v) is 11.5. The molecule has 1 aromatic carbocycles. The average Bonchev–Trinajstić information content (AvgIpc) is 3.48. The van der Waals surface area contributed by atoms with Gasteiger partial charge in [0.25, 0.3) is 5.56 Å². The van der Waals surface area contributed by atoms with Crippen LogP contribution in [-0.2, 0) is 11.3 Å². The van der Waals surface area contributed by atoms with Crippen LogP contribution in [0.2, 0.25) is 0 Å². The number of nitrogens with zero attached hydrogens (tertiary/aromatic N) is 2. The molecule has 1 aromatic heterocycles. The number of imide groups is 1. The number of carbonyl (C=O) groups excluding carboxylic acids is 2. The normalized spacial score (nSPS) is 14.6. The Morgan fingerprint density at radius 2 is 2.10 bits per heavy atom. The van der Waals surface area contributed by atoms with Crippen LogP contribution in [0.5, 0.6) is 0 Å². The molecule has 156 valence electrons. The van der Waals surface area contributed by atoms with Gasteiger partial charge in [-0.15, -0.1) is 0 Å². The summed E-state index contributed by atoms with van der Waals surface area (Å²) >= 11 is 4.60. The fraction of sp³-hybridized carbons (Fsp3) is 0.500.